The SMILES string of the molecule is CC[C@@H]1CCc2sc(C(=O)NNC(=O)CN3CCSC3=O)cc2C1. The molecule has 0 unspecified atom stereocenters. The van der Waals surface area contributed by atoms with Gasteiger partial charge in [-0.15, -0.1) is 11.3 Å². The van der Waals surface area contributed by atoms with Crippen LogP contribution in [0.3, 0.4) is 0 Å². The van der Waals surface area contributed by atoms with Crippen molar-refractivity contribution in [3.8, 4) is 0 Å². The minimum atomic E-state index is -0.383. The van der Waals surface area contributed by atoms with Crippen molar-refractivity contribution in [2.24, 2.45) is 5.92 Å². The molecule has 1 atom stereocenters. The standard InChI is InChI=1S/C16H21N3O3S2/c1-2-10-3-4-12-11(7-10)8-13(24-12)15(21)18-17-14(20)9-19-5-6-23-16(19)22/h8,10H,2-7,9H2,1H3,(H,17,20)(H,18,21)/t10-/m1/s1. The molecule has 130 valence electrons. The molecule has 8 heteroatoms. The van der Waals surface area contributed by atoms with E-state index in [0.29, 0.717) is 23.1 Å². The lowest BCUT2D eigenvalue weighted by molar-refractivity contribution is -0.122. The van der Waals surface area contributed by atoms with Crippen molar-refractivity contribution in [1.29, 1.82) is 0 Å². The number of carbonyl (C=O) groups is 3. The Balaban J connectivity index is 1.51. The first-order valence-corrected chi connectivity index (χ1v) is 9.99. The second-order valence-electron chi connectivity index (χ2n) is 6.11. The zero-order chi connectivity index (χ0) is 17.1. The average molecular weight is 367 g/mol. The van der Waals surface area contributed by atoms with Gasteiger partial charge in [-0.1, -0.05) is 25.1 Å². The van der Waals surface area contributed by atoms with Crippen molar-refractivity contribution in [1.82, 2.24) is 15.8 Å². The van der Waals surface area contributed by atoms with E-state index in [1.807, 2.05) is 6.07 Å². The highest BCUT2D eigenvalue weighted by atomic mass is 32.2. The van der Waals surface area contributed by atoms with Crippen LogP contribution in [0.15, 0.2) is 6.07 Å². The summed E-state index contributed by atoms with van der Waals surface area (Å²) in [6.07, 6.45) is 4.42. The topological polar surface area (TPSA) is 78.5 Å². The Hall–Kier alpha value is -1.54. The molecule has 0 radical (unpaired) electrons. The minimum Gasteiger partial charge on any atom is -0.323 e. The third-order valence-corrected chi connectivity index (χ3v) is 6.61. The lowest BCUT2D eigenvalue weighted by atomic mass is 9.87. The molecule has 1 aliphatic heterocycles. The average Bonchev–Trinajstić information content (AvgIpc) is 3.18. The lowest BCUT2D eigenvalue weighted by Crippen LogP contribution is -2.46. The van der Waals surface area contributed by atoms with Gasteiger partial charge in [0.25, 0.3) is 17.1 Å². The Labute approximate surface area is 149 Å². The minimum absolute atomic E-state index is 0.0226. The molecule has 1 saturated heterocycles. The molecule has 2 heterocycles. The summed E-state index contributed by atoms with van der Waals surface area (Å²) in [6, 6.07) is 1.95. The van der Waals surface area contributed by atoms with Gasteiger partial charge in [-0.05, 0) is 36.8 Å². The van der Waals surface area contributed by atoms with Gasteiger partial charge in [-0.25, -0.2) is 0 Å². The summed E-state index contributed by atoms with van der Waals surface area (Å²) in [5.74, 6) is 0.737. The monoisotopic (exact) mass is 367 g/mol. The fourth-order valence-corrected chi connectivity index (χ4v) is 4.96. The van der Waals surface area contributed by atoms with Gasteiger partial charge >= 0.3 is 0 Å². The predicted octanol–water partition coefficient (Wildman–Crippen LogP) is 2.19. The van der Waals surface area contributed by atoms with E-state index in [1.54, 1.807) is 0 Å². The molecule has 0 saturated carbocycles. The predicted molar refractivity (Wildman–Crippen MR) is 95.2 cm³/mol. The number of amides is 3. The fourth-order valence-electron chi connectivity index (χ4n) is 3.03. The van der Waals surface area contributed by atoms with Gasteiger partial charge in [0.05, 0.1) is 4.88 Å². The number of hydrazine groups is 1. The van der Waals surface area contributed by atoms with Crippen LogP contribution in [0.1, 0.15) is 39.9 Å². The molecule has 3 amide bonds. The first kappa shape index (κ1) is 17.3. The molecule has 0 aromatic carbocycles. The van der Waals surface area contributed by atoms with Crippen molar-refractivity contribution in [2.75, 3.05) is 18.8 Å². The molecule has 1 aromatic rings. The lowest BCUT2D eigenvalue weighted by Gasteiger charge is -2.19. The van der Waals surface area contributed by atoms with E-state index in [1.165, 1.54) is 51.3 Å². The summed E-state index contributed by atoms with van der Waals surface area (Å²) in [6.45, 7) is 2.75. The molecule has 1 aliphatic carbocycles. The highest BCUT2D eigenvalue weighted by molar-refractivity contribution is 8.13. The van der Waals surface area contributed by atoms with Gasteiger partial charge in [0.1, 0.15) is 6.54 Å². The Morgan fingerprint density at radius 1 is 1.38 bits per heavy atom. The van der Waals surface area contributed by atoms with Crippen molar-refractivity contribution < 1.29 is 14.4 Å². The molecule has 2 aliphatic rings. The van der Waals surface area contributed by atoms with E-state index >= 15 is 0 Å². The molecule has 0 spiro atoms. The van der Waals surface area contributed by atoms with Gasteiger partial charge in [-0.3, -0.25) is 25.2 Å². The maximum absolute atomic E-state index is 12.2. The van der Waals surface area contributed by atoms with Crippen LogP contribution in [0, 0.1) is 5.92 Å². The second-order valence-corrected chi connectivity index (χ2v) is 8.30. The van der Waals surface area contributed by atoms with E-state index in [4.69, 9.17) is 0 Å². The third kappa shape index (κ3) is 3.92. The van der Waals surface area contributed by atoms with Gasteiger partial charge in [0.2, 0.25) is 0 Å². The molecular formula is C16H21N3O3S2. The van der Waals surface area contributed by atoms with Crippen LogP contribution in [-0.4, -0.2) is 40.8 Å². The zero-order valence-corrected chi connectivity index (χ0v) is 15.2. The van der Waals surface area contributed by atoms with Gasteiger partial charge in [0.15, 0.2) is 0 Å². The number of thioether (sulfide) groups is 1. The summed E-state index contributed by atoms with van der Waals surface area (Å²) >= 11 is 2.72. The van der Waals surface area contributed by atoms with E-state index in [-0.39, 0.29) is 23.6 Å². The molecule has 1 fully saturated rings. The fraction of sp³-hybridized carbons (Fsp3) is 0.562. The molecule has 24 heavy (non-hydrogen) atoms. The number of hydrogen-bond acceptors (Lipinski definition) is 5. The van der Waals surface area contributed by atoms with Crippen molar-refractivity contribution >= 4 is 40.2 Å². The quantitative estimate of drug-likeness (QED) is 0.800. The Morgan fingerprint density at radius 2 is 2.21 bits per heavy atom. The number of nitrogens with one attached hydrogen (secondary N) is 2. The molecule has 1 aromatic heterocycles. The zero-order valence-electron chi connectivity index (χ0n) is 13.6. The number of aryl methyl sites for hydroxylation is 1. The Kier molecular flexibility index (Phi) is 5.45. The third-order valence-electron chi connectivity index (χ3n) is 4.48. The van der Waals surface area contributed by atoms with Crippen LogP contribution in [0.2, 0.25) is 0 Å². The molecular weight excluding hydrogens is 346 g/mol. The number of nitrogens with zero attached hydrogens (tertiary/aromatic N) is 1. The van der Waals surface area contributed by atoms with Gasteiger partial charge in [-0.2, -0.15) is 0 Å². The second kappa shape index (κ2) is 7.57. The van der Waals surface area contributed by atoms with E-state index < -0.39 is 0 Å². The highest BCUT2D eigenvalue weighted by Gasteiger charge is 2.24. The summed E-state index contributed by atoms with van der Waals surface area (Å²) in [7, 11) is 0. The van der Waals surface area contributed by atoms with E-state index in [9.17, 15) is 14.4 Å². The largest absolute Gasteiger partial charge is 0.323 e. The van der Waals surface area contributed by atoms with Crippen LogP contribution in [0.4, 0.5) is 4.79 Å². The summed E-state index contributed by atoms with van der Waals surface area (Å²) in [5.41, 5.74) is 6.12. The summed E-state index contributed by atoms with van der Waals surface area (Å²) in [4.78, 5) is 38.9. The molecule has 3 rings (SSSR count). The van der Waals surface area contributed by atoms with Gasteiger partial charge in [0, 0.05) is 17.2 Å². The number of thiophene rings is 1. The van der Waals surface area contributed by atoms with Crippen LogP contribution in [0.5, 0.6) is 0 Å². The smallest absolute Gasteiger partial charge is 0.282 e. The Morgan fingerprint density at radius 3 is 2.92 bits per heavy atom. The van der Waals surface area contributed by atoms with Gasteiger partial charge < -0.3 is 4.90 Å². The molecule has 2 N–H and O–H groups in total. The maximum Gasteiger partial charge on any atom is 0.282 e. The van der Waals surface area contributed by atoms with E-state index in [2.05, 4.69) is 17.8 Å². The van der Waals surface area contributed by atoms with E-state index in [0.717, 1.165) is 12.8 Å². The number of hydrogen-bond donors (Lipinski definition) is 2. The maximum atomic E-state index is 12.2. The first-order chi connectivity index (χ1) is 11.6. The molecule has 0 bridgehead atoms. The van der Waals surface area contributed by atoms with Crippen LogP contribution >= 0.6 is 23.1 Å². The number of fused-ring (bicyclic) bond motifs is 1. The highest BCUT2D eigenvalue weighted by Crippen LogP contribution is 2.33. The molecule has 6 nitrogen and oxygen atoms in total. The van der Waals surface area contributed by atoms with Crippen LogP contribution < -0.4 is 10.9 Å². The number of carbonyl (C=O) groups excluding carboxylic acids is 3. The van der Waals surface area contributed by atoms with Crippen molar-refractivity contribution in [3.63, 3.8) is 0 Å². The normalized spacial score (nSPS) is 20.0. The van der Waals surface area contributed by atoms with Crippen LogP contribution in [0.25, 0.3) is 0 Å². The number of rotatable bonds is 4. The summed E-state index contributed by atoms with van der Waals surface area (Å²) < 4.78 is 0. The first-order valence-electron chi connectivity index (χ1n) is 8.19. The van der Waals surface area contributed by atoms with Crippen molar-refractivity contribution in [2.45, 2.75) is 32.6 Å². The summed E-state index contributed by atoms with van der Waals surface area (Å²) in [5, 5.41) is -0.0899. The van der Waals surface area contributed by atoms with Crippen molar-refractivity contribution in [3.05, 3.63) is 21.4 Å². The van der Waals surface area contributed by atoms with Crippen LogP contribution in [-0.2, 0) is 17.6 Å². The Bertz CT molecular complexity index is 659.